The van der Waals surface area contributed by atoms with E-state index < -0.39 is 0 Å². The van der Waals surface area contributed by atoms with Crippen molar-refractivity contribution in [3.8, 4) is 0 Å². The molecule has 1 unspecified atom stereocenters. The molecule has 0 saturated carbocycles. The van der Waals surface area contributed by atoms with Gasteiger partial charge in [0.05, 0.1) is 12.8 Å². The number of anilines is 1. The molecule has 30 heavy (non-hydrogen) atoms. The Bertz CT molecular complexity index is 961. The number of rotatable bonds is 4. The number of nitrogens with zero attached hydrogens (tertiary/aromatic N) is 4. The lowest BCUT2D eigenvalue weighted by molar-refractivity contribution is 0.160. The number of fused-ring (bicyclic) bond motifs is 1. The van der Waals surface area contributed by atoms with Crippen molar-refractivity contribution in [2.24, 2.45) is 4.99 Å². The number of methoxy groups -OCH3 is 1. The highest BCUT2D eigenvalue weighted by molar-refractivity contribution is 5.82. The Kier molecular flexibility index (Phi) is 5.16. The van der Waals surface area contributed by atoms with Gasteiger partial charge in [-0.25, -0.2) is 0 Å². The molecule has 158 valence electrons. The van der Waals surface area contributed by atoms with Gasteiger partial charge in [-0.2, -0.15) is 0 Å². The molecule has 0 spiro atoms. The predicted molar refractivity (Wildman–Crippen MR) is 122 cm³/mol. The summed E-state index contributed by atoms with van der Waals surface area (Å²) in [6.07, 6.45) is 9.76. The monoisotopic (exact) mass is 405 g/mol. The molecular formula is C24H31N5O. The molecule has 4 rings (SSSR count). The van der Waals surface area contributed by atoms with Crippen LogP contribution in [-0.2, 0) is 4.74 Å². The van der Waals surface area contributed by atoms with Crippen LogP contribution in [0.2, 0.25) is 0 Å². The van der Waals surface area contributed by atoms with E-state index in [1.807, 2.05) is 30.4 Å². The van der Waals surface area contributed by atoms with Gasteiger partial charge >= 0.3 is 0 Å². The Labute approximate surface area is 179 Å². The van der Waals surface area contributed by atoms with E-state index in [1.54, 1.807) is 13.3 Å². The van der Waals surface area contributed by atoms with Crippen molar-refractivity contribution in [2.75, 3.05) is 19.1 Å². The first kappa shape index (κ1) is 20.6. The Morgan fingerprint density at radius 2 is 1.87 bits per heavy atom. The lowest BCUT2D eigenvalue weighted by Crippen LogP contribution is -2.62. The number of aliphatic imine (C=N–C) groups is 1. The second-order valence-corrected chi connectivity index (χ2v) is 9.64. The predicted octanol–water partition coefficient (Wildman–Crippen LogP) is 3.68. The van der Waals surface area contributed by atoms with Crippen molar-refractivity contribution in [1.29, 1.82) is 0 Å². The number of nitrogens with one attached hydrogen (secondary N) is 1. The molecule has 2 aliphatic heterocycles. The summed E-state index contributed by atoms with van der Waals surface area (Å²) in [7, 11) is 3.79. The smallest absolute Gasteiger partial charge is 0.151 e. The van der Waals surface area contributed by atoms with E-state index >= 15 is 0 Å². The molecule has 0 radical (unpaired) electrons. The summed E-state index contributed by atoms with van der Waals surface area (Å²) >= 11 is 0. The van der Waals surface area contributed by atoms with Gasteiger partial charge in [-0.05, 0) is 70.9 Å². The summed E-state index contributed by atoms with van der Waals surface area (Å²) in [4.78, 5) is 6.73. The molecule has 1 aromatic heterocycles. The Balaban J connectivity index is 1.58. The van der Waals surface area contributed by atoms with Crippen LogP contribution in [0.15, 0.2) is 52.4 Å². The molecule has 0 amide bonds. The third kappa shape index (κ3) is 4.11. The maximum absolute atomic E-state index is 5.61. The fourth-order valence-corrected chi connectivity index (χ4v) is 4.92. The summed E-state index contributed by atoms with van der Waals surface area (Å²) in [6.45, 7) is 9.07. The Morgan fingerprint density at radius 1 is 1.13 bits per heavy atom. The maximum atomic E-state index is 5.61. The van der Waals surface area contributed by atoms with E-state index in [0.717, 1.165) is 41.3 Å². The zero-order valence-electron chi connectivity index (χ0n) is 18.7. The summed E-state index contributed by atoms with van der Waals surface area (Å²) in [5, 5.41) is 12.8. The molecule has 0 aromatic carbocycles. The average molecular weight is 406 g/mol. The van der Waals surface area contributed by atoms with Crippen LogP contribution in [0.4, 0.5) is 5.82 Å². The van der Waals surface area contributed by atoms with Gasteiger partial charge in [0.15, 0.2) is 5.82 Å². The van der Waals surface area contributed by atoms with Crippen LogP contribution >= 0.6 is 0 Å². The van der Waals surface area contributed by atoms with E-state index in [9.17, 15) is 0 Å². The number of aromatic nitrogens is 2. The van der Waals surface area contributed by atoms with Gasteiger partial charge in [-0.15, -0.1) is 15.9 Å². The highest BCUT2D eigenvalue weighted by Crippen LogP contribution is 2.34. The van der Waals surface area contributed by atoms with Crippen LogP contribution in [-0.4, -0.2) is 53.7 Å². The first-order valence-corrected chi connectivity index (χ1v) is 10.5. The van der Waals surface area contributed by atoms with Crippen LogP contribution in [0.1, 0.15) is 46.2 Å². The molecule has 3 aliphatic rings. The largest absolute Gasteiger partial charge is 0.496 e. The topological polar surface area (TPSA) is 62.6 Å². The van der Waals surface area contributed by atoms with Gasteiger partial charge in [0, 0.05) is 41.5 Å². The number of ether oxygens (including phenoxy) is 1. The Hall–Kier alpha value is -2.69. The van der Waals surface area contributed by atoms with Gasteiger partial charge in [0.2, 0.25) is 0 Å². The van der Waals surface area contributed by atoms with E-state index in [-0.39, 0.29) is 17.1 Å². The quantitative estimate of drug-likeness (QED) is 0.774. The van der Waals surface area contributed by atoms with Crippen molar-refractivity contribution in [3.05, 3.63) is 53.1 Å². The van der Waals surface area contributed by atoms with Crippen LogP contribution in [0.25, 0.3) is 5.57 Å². The molecule has 0 bridgehead atoms. The van der Waals surface area contributed by atoms with Gasteiger partial charge in [0.1, 0.15) is 11.8 Å². The van der Waals surface area contributed by atoms with E-state index in [4.69, 9.17) is 4.74 Å². The second kappa shape index (κ2) is 7.53. The molecule has 1 N–H and O–H groups in total. The molecule has 1 saturated heterocycles. The van der Waals surface area contributed by atoms with Crippen LogP contribution in [0, 0.1) is 0 Å². The maximum Gasteiger partial charge on any atom is 0.151 e. The van der Waals surface area contributed by atoms with Gasteiger partial charge < -0.3 is 15.0 Å². The highest BCUT2D eigenvalue weighted by Gasteiger charge is 2.39. The lowest BCUT2D eigenvalue weighted by atomic mass is 9.79. The standard InChI is InChI=1S/C24H31N5O/c1-23(2)14-17(15-24(3,4)28-23)29(5)22-10-9-19(26-27-22)18-12-16-8-7-11-25-20(16)13-21(18)30-6/h7,9-13,17,20,28H,14-15H2,1-6H3. The second-order valence-electron chi connectivity index (χ2n) is 9.64. The zero-order chi connectivity index (χ0) is 21.5. The zero-order valence-corrected chi connectivity index (χ0v) is 18.7. The first-order chi connectivity index (χ1) is 14.2. The van der Waals surface area contributed by atoms with Crippen LogP contribution < -0.4 is 10.2 Å². The molecular weight excluding hydrogens is 374 g/mol. The first-order valence-electron chi connectivity index (χ1n) is 10.5. The molecule has 3 heterocycles. The SMILES string of the molecule is COC1=CC2N=CC=C=C2C=C1c1ccc(N(C)C2CC(C)(C)NC(C)(C)C2)nn1. The van der Waals surface area contributed by atoms with Gasteiger partial charge in [-0.3, -0.25) is 4.99 Å². The lowest BCUT2D eigenvalue weighted by Gasteiger charge is -2.49. The highest BCUT2D eigenvalue weighted by atomic mass is 16.5. The van der Waals surface area contributed by atoms with E-state index in [1.165, 1.54) is 0 Å². The summed E-state index contributed by atoms with van der Waals surface area (Å²) in [6, 6.07) is 4.42. The normalized spacial score (nSPS) is 24.5. The number of hydrogen-bond donors (Lipinski definition) is 1. The van der Waals surface area contributed by atoms with Crippen molar-refractivity contribution >= 4 is 17.6 Å². The van der Waals surface area contributed by atoms with Crippen LogP contribution in [0.5, 0.6) is 0 Å². The molecule has 1 aromatic rings. The van der Waals surface area contributed by atoms with Crippen molar-refractivity contribution in [1.82, 2.24) is 15.5 Å². The number of allylic oxidation sites excluding steroid dienone is 1. The summed E-state index contributed by atoms with van der Waals surface area (Å²) in [5.41, 5.74) is 6.13. The molecule has 1 atom stereocenters. The van der Waals surface area contributed by atoms with Crippen molar-refractivity contribution in [3.63, 3.8) is 0 Å². The number of hydrogen-bond acceptors (Lipinski definition) is 6. The minimum atomic E-state index is -0.0429. The average Bonchev–Trinajstić information content (AvgIpc) is 2.70. The third-order valence-corrected chi connectivity index (χ3v) is 5.99. The Morgan fingerprint density at radius 3 is 2.50 bits per heavy atom. The van der Waals surface area contributed by atoms with Crippen LogP contribution in [0.3, 0.4) is 0 Å². The molecule has 6 nitrogen and oxygen atoms in total. The van der Waals surface area contributed by atoms with E-state index in [2.05, 4.69) is 65.9 Å². The van der Waals surface area contributed by atoms with Gasteiger partial charge in [-0.1, -0.05) is 0 Å². The summed E-state index contributed by atoms with van der Waals surface area (Å²) < 4.78 is 5.61. The molecule has 1 aliphatic carbocycles. The molecule has 6 heteroatoms. The fourth-order valence-electron chi connectivity index (χ4n) is 4.92. The molecule has 1 fully saturated rings. The van der Waals surface area contributed by atoms with Crippen molar-refractivity contribution < 1.29 is 4.74 Å². The van der Waals surface area contributed by atoms with E-state index in [0.29, 0.717) is 6.04 Å². The minimum absolute atomic E-state index is 0.0429. The number of piperidine rings is 1. The minimum Gasteiger partial charge on any atom is -0.496 e. The van der Waals surface area contributed by atoms with Crippen molar-refractivity contribution in [2.45, 2.75) is 63.7 Å². The summed E-state index contributed by atoms with van der Waals surface area (Å²) in [5.74, 6) is 1.65. The van der Waals surface area contributed by atoms with Gasteiger partial charge in [0.25, 0.3) is 0 Å². The fraction of sp³-hybridized carbons (Fsp3) is 0.500. The third-order valence-electron chi connectivity index (χ3n) is 5.99.